The minimum absolute atomic E-state index is 0.527. The van der Waals surface area contributed by atoms with Gasteiger partial charge < -0.3 is 10.3 Å². The Kier molecular flexibility index (Phi) is 4.09. The van der Waals surface area contributed by atoms with Crippen LogP contribution in [0.3, 0.4) is 0 Å². The summed E-state index contributed by atoms with van der Waals surface area (Å²) in [5, 5.41) is 4.15. The number of imidazole rings is 1. The van der Waals surface area contributed by atoms with Gasteiger partial charge in [0.05, 0.1) is 21.4 Å². The maximum Gasteiger partial charge on any atom is 0.175 e. The molecule has 6 heteroatoms. The van der Waals surface area contributed by atoms with E-state index in [1.165, 1.54) is 0 Å². The summed E-state index contributed by atoms with van der Waals surface area (Å²) in [7, 11) is 1.88. The van der Waals surface area contributed by atoms with Gasteiger partial charge in [-0.2, -0.15) is 0 Å². The molecule has 0 saturated heterocycles. The van der Waals surface area contributed by atoms with Crippen molar-refractivity contribution >= 4 is 39.1 Å². The molecule has 0 spiro atoms. The van der Waals surface area contributed by atoms with E-state index in [0.29, 0.717) is 21.3 Å². The summed E-state index contributed by atoms with van der Waals surface area (Å²) in [6, 6.07) is 5.48. The molecule has 3 nitrogen and oxygen atoms in total. The highest BCUT2D eigenvalue weighted by molar-refractivity contribution is 9.10. The molecule has 1 aromatic heterocycles. The zero-order valence-corrected chi connectivity index (χ0v) is 12.1. The third kappa shape index (κ3) is 2.83. The average Bonchev–Trinajstić information content (AvgIpc) is 2.64. The highest BCUT2D eigenvalue weighted by Gasteiger charge is 2.11. The third-order valence-corrected chi connectivity index (χ3v) is 3.41. The van der Waals surface area contributed by atoms with Crippen LogP contribution in [0, 0.1) is 0 Å². The van der Waals surface area contributed by atoms with Crippen molar-refractivity contribution in [3.05, 3.63) is 38.7 Å². The molecule has 0 aliphatic carbocycles. The lowest BCUT2D eigenvalue weighted by Gasteiger charge is -2.03. The van der Waals surface area contributed by atoms with Crippen LogP contribution in [0.1, 0.15) is 5.69 Å². The van der Waals surface area contributed by atoms with Gasteiger partial charge in [-0.3, -0.25) is 0 Å². The molecule has 0 aliphatic rings. The molecule has 0 atom stereocenters. The number of benzene rings is 1. The molecule has 1 heterocycles. The Bertz CT molecular complexity index is 540. The maximum atomic E-state index is 6.00. The number of hydrogen-bond donors (Lipinski definition) is 2. The fraction of sp³-hybridized carbons (Fsp3) is 0.182. The maximum absolute atomic E-state index is 6.00. The minimum Gasteiger partial charge on any atom is -0.335 e. The van der Waals surface area contributed by atoms with Crippen LogP contribution in [0.4, 0.5) is 0 Å². The number of H-pyrrole nitrogens is 1. The van der Waals surface area contributed by atoms with Gasteiger partial charge in [0.25, 0.3) is 0 Å². The molecule has 1 aromatic carbocycles. The quantitative estimate of drug-likeness (QED) is 0.894. The van der Waals surface area contributed by atoms with Gasteiger partial charge in [0.2, 0.25) is 0 Å². The van der Waals surface area contributed by atoms with E-state index < -0.39 is 0 Å². The molecular formula is C11H10BrCl2N3. The zero-order chi connectivity index (χ0) is 12.4. The molecule has 2 rings (SSSR count). The summed E-state index contributed by atoms with van der Waals surface area (Å²) in [6.07, 6.45) is 0. The van der Waals surface area contributed by atoms with Crippen LogP contribution >= 0.6 is 39.1 Å². The van der Waals surface area contributed by atoms with E-state index in [1.54, 1.807) is 6.07 Å². The number of halogens is 3. The topological polar surface area (TPSA) is 40.7 Å². The van der Waals surface area contributed by atoms with E-state index in [1.807, 2.05) is 19.2 Å². The fourth-order valence-corrected chi connectivity index (χ4v) is 2.28. The Hall–Kier alpha value is -0.550. The van der Waals surface area contributed by atoms with Gasteiger partial charge in [0.15, 0.2) is 4.73 Å². The van der Waals surface area contributed by atoms with Crippen LogP contribution in [-0.4, -0.2) is 17.0 Å². The first kappa shape index (κ1) is 12.9. The molecule has 0 unspecified atom stereocenters. The molecule has 2 N–H and O–H groups in total. The van der Waals surface area contributed by atoms with E-state index in [2.05, 4.69) is 31.2 Å². The third-order valence-electron chi connectivity index (χ3n) is 2.30. The second-order valence-corrected chi connectivity index (χ2v) is 5.08. The van der Waals surface area contributed by atoms with Gasteiger partial charge >= 0.3 is 0 Å². The van der Waals surface area contributed by atoms with Crippen molar-refractivity contribution in [3.63, 3.8) is 0 Å². The van der Waals surface area contributed by atoms with Crippen molar-refractivity contribution in [1.82, 2.24) is 15.3 Å². The predicted octanol–water partition coefficient (Wildman–Crippen LogP) is 3.87. The lowest BCUT2D eigenvalue weighted by atomic mass is 10.1. The fourth-order valence-electron chi connectivity index (χ4n) is 1.56. The Morgan fingerprint density at radius 1 is 1.35 bits per heavy atom. The number of rotatable bonds is 3. The van der Waals surface area contributed by atoms with Gasteiger partial charge in [-0.25, -0.2) is 4.98 Å². The highest BCUT2D eigenvalue weighted by atomic mass is 79.9. The summed E-state index contributed by atoms with van der Waals surface area (Å²) >= 11 is 15.2. The Balaban J connectivity index is 2.47. The predicted molar refractivity (Wildman–Crippen MR) is 74.5 cm³/mol. The summed E-state index contributed by atoms with van der Waals surface area (Å²) in [4.78, 5) is 7.53. The van der Waals surface area contributed by atoms with Gasteiger partial charge in [0, 0.05) is 12.1 Å². The van der Waals surface area contributed by atoms with Crippen LogP contribution in [0.25, 0.3) is 11.3 Å². The van der Waals surface area contributed by atoms with Crippen LogP contribution in [-0.2, 0) is 6.54 Å². The average molecular weight is 335 g/mol. The number of aromatic nitrogens is 2. The van der Waals surface area contributed by atoms with Gasteiger partial charge in [-0.15, -0.1) is 0 Å². The number of hydrogen-bond acceptors (Lipinski definition) is 2. The second-order valence-electron chi connectivity index (χ2n) is 3.51. The molecule has 0 amide bonds. The minimum atomic E-state index is 0.527. The van der Waals surface area contributed by atoms with Gasteiger partial charge in [0.1, 0.15) is 0 Å². The number of nitrogens with zero attached hydrogens (tertiary/aromatic N) is 1. The molecule has 0 radical (unpaired) electrons. The summed E-state index contributed by atoms with van der Waals surface area (Å²) in [5.74, 6) is 0. The summed E-state index contributed by atoms with van der Waals surface area (Å²) in [6.45, 7) is 0.703. The molecule has 0 fully saturated rings. The van der Waals surface area contributed by atoms with Crippen molar-refractivity contribution in [3.8, 4) is 11.3 Å². The monoisotopic (exact) mass is 333 g/mol. The molecule has 0 bridgehead atoms. The van der Waals surface area contributed by atoms with Crippen LogP contribution in [0.5, 0.6) is 0 Å². The van der Waals surface area contributed by atoms with Crippen molar-refractivity contribution in [1.29, 1.82) is 0 Å². The van der Waals surface area contributed by atoms with Crippen LogP contribution < -0.4 is 5.32 Å². The van der Waals surface area contributed by atoms with E-state index in [9.17, 15) is 0 Å². The molecule has 0 aliphatic heterocycles. The Labute approximate surface area is 118 Å². The van der Waals surface area contributed by atoms with Gasteiger partial charge in [-0.1, -0.05) is 29.3 Å². The smallest absolute Gasteiger partial charge is 0.175 e. The zero-order valence-electron chi connectivity index (χ0n) is 9.02. The SMILES string of the molecule is CNCc1[nH]c(Br)nc1-c1ccc(Cl)c(Cl)c1. The highest BCUT2D eigenvalue weighted by Crippen LogP contribution is 2.30. The van der Waals surface area contributed by atoms with Crippen LogP contribution in [0.15, 0.2) is 22.9 Å². The van der Waals surface area contributed by atoms with Crippen LogP contribution in [0.2, 0.25) is 10.0 Å². The van der Waals surface area contributed by atoms with E-state index >= 15 is 0 Å². The lowest BCUT2D eigenvalue weighted by molar-refractivity contribution is 0.797. The first-order chi connectivity index (χ1) is 8.11. The molecule has 90 valence electrons. The van der Waals surface area contributed by atoms with Gasteiger partial charge in [-0.05, 0) is 35.1 Å². The summed E-state index contributed by atoms with van der Waals surface area (Å²) in [5.41, 5.74) is 2.80. The lowest BCUT2D eigenvalue weighted by Crippen LogP contribution is -2.06. The molecule has 0 saturated carbocycles. The summed E-state index contributed by atoms with van der Waals surface area (Å²) < 4.78 is 0.698. The Morgan fingerprint density at radius 3 is 2.76 bits per heavy atom. The first-order valence-corrected chi connectivity index (χ1v) is 6.51. The molecule has 2 aromatic rings. The largest absolute Gasteiger partial charge is 0.335 e. The number of nitrogens with one attached hydrogen (secondary N) is 2. The van der Waals surface area contributed by atoms with E-state index in [-0.39, 0.29) is 0 Å². The van der Waals surface area contributed by atoms with E-state index in [4.69, 9.17) is 23.2 Å². The second kappa shape index (κ2) is 5.40. The van der Waals surface area contributed by atoms with Crippen molar-refractivity contribution in [2.45, 2.75) is 6.54 Å². The molecule has 17 heavy (non-hydrogen) atoms. The van der Waals surface area contributed by atoms with Crippen molar-refractivity contribution < 1.29 is 0 Å². The normalized spacial score (nSPS) is 10.8. The Morgan fingerprint density at radius 2 is 2.12 bits per heavy atom. The van der Waals surface area contributed by atoms with E-state index in [0.717, 1.165) is 17.0 Å². The van der Waals surface area contributed by atoms with Crippen molar-refractivity contribution in [2.75, 3.05) is 7.05 Å². The molecular weight excluding hydrogens is 325 g/mol. The standard InChI is InChI=1S/C11H10BrCl2N3/c1-15-5-9-10(17-11(12)16-9)6-2-3-7(13)8(14)4-6/h2-4,15H,5H2,1H3,(H,16,17). The first-order valence-electron chi connectivity index (χ1n) is 4.96. The van der Waals surface area contributed by atoms with Crippen molar-refractivity contribution in [2.24, 2.45) is 0 Å². The number of aromatic amines is 1.